The fourth-order valence-electron chi connectivity index (χ4n) is 0.667. The molecule has 2 N–H and O–H groups in total. The first kappa shape index (κ1) is 18.6. The zero-order chi connectivity index (χ0) is 10.5. The molecule has 0 spiro atoms. The van der Waals surface area contributed by atoms with Gasteiger partial charge in [-0.1, -0.05) is 12.1 Å². The van der Waals surface area contributed by atoms with Crippen LogP contribution in [-0.4, -0.2) is 12.0 Å². The van der Waals surface area contributed by atoms with E-state index >= 15 is 0 Å². The molecule has 0 amide bonds. The molecule has 0 aliphatic rings. The summed E-state index contributed by atoms with van der Waals surface area (Å²) in [5.41, 5.74) is 5.58. The number of pyridine rings is 1. The van der Waals surface area contributed by atoms with Crippen molar-refractivity contribution in [2.24, 2.45) is 5.73 Å². The largest absolute Gasteiger partial charge is 0.333 e. The van der Waals surface area contributed by atoms with Gasteiger partial charge >= 0.3 is 0 Å². The lowest BCUT2D eigenvalue weighted by molar-refractivity contribution is 1.11. The minimum absolute atomic E-state index is 0. The number of nitrogens with two attached hydrogens (primary N) is 1. The molecule has 0 aliphatic carbocycles. The normalized spacial score (nSPS) is 6.43. The van der Waals surface area contributed by atoms with Crippen molar-refractivity contribution in [3.63, 3.8) is 0 Å². The topological polar surface area (TPSA) is 38.9 Å². The average molecular weight is 215 g/mol. The summed E-state index contributed by atoms with van der Waals surface area (Å²) in [6.07, 6.45) is 4.50. The summed E-state index contributed by atoms with van der Waals surface area (Å²) < 4.78 is 0. The summed E-state index contributed by atoms with van der Waals surface area (Å²) in [4.78, 5) is 4.10. The fraction of sp³-hybridized carbons (Fsp3) is 0.182. The maximum Gasteiger partial charge on any atom is 0.0441 e. The first-order chi connectivity index (χ1) is 6.43. The Morgan fingerprint density at radius 3 is 2.29 bits per heavy atom. The van der Waals surface area contributed by atoms with Crippen LogP contribution in [0.4, 0.5) is 0 Å². The summed E-state index contributed by atoms with van der Waals surface area (Å²) in [6, 6.07) is 5.88. The predicted molar refractivity (Wildman–Crippen MR) is 66.8 cm³/mol. The highest BCUT2D eigenvalue weighted by Crippen LogP contribution is 1.93. The van der Waals surface area contributed by atoms with Crippen LogP contribution in [-0.2, 0) is 6.42 Å². The molecule has 1 aromatic heterocycles. The Morgan fingerprint density at radius 2 is 1.93 bits per heavy atom. The summed E-state index contributed by atoms with van der Waals surface area (Å²) in [7, 11) is 1.50. The van der Waals surface area contributed by atoms with Crippen LogP contribution in [0.1, 0.15) is 5.69 Å². The molecule has 3 heteroatoms. The molecule has 0 bridgehead atoms. The molecule has 0 aromatic carbocycles. The Morgan fingerprint density at radius 1 is 1.36 bits per heavy atom. The van der Waals surface area contributed by atoms with Crippen LogP contribution in [0.5, 0.6) is 0 Å². The van der Waals surface area contributed by atoms with Crippen LogP contribution in [0.15, 0.2) is 50.2 Å². The number of allylic oxidation sites excluding steroid dienone is 1. The number of rotatable bonds is 2. The molecule has 1 aromatic rings. The summed E-state index contributed by atoms with van der Waals surface area (Å²) in [5, 5.41) is 0. The third-order valence-corrected chi connectivity index (χ3v) is 1.08. The van der Waals surface area contributed by atoms with Crippen LogP contribution < -0.4 is 5.73 Å². The first-order valence-corrected chi connectivity index (χ1v) is 4.02. The van der Waals surface area contributed by atoms with Gasteiger partial charge < -0.3 is 5.73 Å². The molecule has 14 heavy (non-hydrogen) atoms. The Labute approximate surface area is 93.0 Å². The van der Waals surface area contributed by atoms with E-state index in [1.54, 1.807) is 6.20 Å². The second-order valence-electron chi connectivity index (χ2n) is 1.81. The van der Waals surface area contributed by atoms with E-state index in [2.05, 4.69) is 30.5 Å². The average Bonchev–Trinajstić information content (AvgIpc) is 2.26. The standard InChI is InChI=1S/C8H9N.C2H4.CH5N.ClH/c1-2-5-8-6-3-4-7-9-8;2*1-2;/h2-4,6-7H,1,5H2;1-2H2;2H2,1H3;1H. The van der Waals surface area contributed by atoms with E-state index in [0.29, 0.717) is 0 Å². The van der Waals surface area contributed by atoms with E-state index in [0.717, 1.165) is 12.1 Å². The molecule has 1 rings (SSSR count). The SMILES string of the molecule is C=C.C=CCc1ccccn1.CN.Cl. The highest BCUT2D eigenvalue weighted by molar-refractivity contribution is 5.85. The fourth-order valence-corrected chi connectivity index (χ4v) is 0.667. The van der Waals surface area contributed by atoms with Crippen molar-refractivity contribution in [2.45, 2.75) is 6.42 Å². The zero-order valence-corrected chi connectivity index (χ0v) is 9.46. The van der Waals surface area contributed by atoms with Crippen molar-refractivity contribution in [2.75, 3.05) is 7.05 Å². The van der Waals surface area contributed by atoms with Gasteiger partial charge in [-0.25, -0.2) is 0 Å². The van der Waals surface area contributed by atoms with Gasteiger partial charge in [-0.2, -0.15) is 0 Å². The molecule has 0 unspecified atom stereocenters. The van der Waals surface area contributed by atoms with Crippen LogP contribution >= 0.6 is 12.4 Å². The van der Waals surface area contributed by atoms with Gasteiger partial charge in [0, 0.05) is 18.3 Å². The second kappa shape index (κ2) is 17.8. The number of hydrogen-bond acceptors (Lipinski definition) is 2. The van der Waals surface area contributed by atoms with E-state index < -0.39 is 0 Å². The maximum absolute atomic E-state index is 4.50. The van der Waals surface area contributed by atoms with E-state index in [4.69, 9.17) is 0 Å². The lowest BCUT2D eigenvalue weighted by Crippen LogP contribution is -1.82. The van der Waals surface area contributed by atoms with Crippen LogP contribution in [0.25, 0.3) is 0 Å². The van der Waals surface area contributed by atoms with E-state index in [1.165, 1.54) is 7.05 Å². The molecule has 0 radical (unpaired) electrons. The molecule has 0 aliphatic heterocycles. The van der Waals surface area contributed by atoms with E-state index in [9.17, 15) is 0 Å². The number of nitrogens with zero attached hydrogens (tertiary/aromatic N) is 1. The van der Waals surface area contributed by atoms with Crippen molar-refractivity contribution >= 4 is 12.4 Å². The molecule has 80 valence electrons. The Balaban J connectivity index is -0.000000216. The number of aromatic nitrogens is 1. The van der Waals surface area contributed by atoms with Gasteiger partial charge in [0.2, 0.25) is 0 Å². The van der Waals surface area contributed by atoms with Crippen LogP contribution in [0, 0.1) is 0 Å². The number of hydrogen-bond donors (Lipinski definition) is 1. The van der Waals surface area contributed by atoms with E-state index in [1.807, 2.05) is 24.3 Å². The Kier molecular flexibility index (Phi) is 23.7. The lowest BCUT2D eigenvalue weighted by atomic mass is 10.3. The Bertz CT molecular complexity index is 200. The number of halogens is 1. The third kappa shape index (κ3) is 10.9. The first-order valence-electron chi connectivity index (χ1n) is 4.02. The zero-order valence-electron chi connectivity index (χ0n) is 8.65. The molecule has 1 heterocycles. The van der Waals surface area contributed by atoms with Crippen molar-refractivity contribution < 1.29 is 0 Å². The van der Waals surface area contributed by atoms with Crippen molar-refractivity contribution in [3.05, 3.63) is 55.9 Å². The van der Waals surface area contributed by atoms with Gasteiger partial charge in [-0.05, 0) is 19.2 Å². The summed E-state index contributed by atoms with van der Waals surface area (Å²) >= 11 is 0. The molecule has 0 saturated carbocycles. The summed E-state index contributed by atoms with van der Waals surface area (Å²) in [6.45, 7) is 9.62. The maximum atomic E-state index is 4.50. The molecule has 0 atom stereocenters. The Hall–Kier alpha value is -1.12. The quantitative estimate of drug-likeness (QED) is 0.769. The molecule has 2 nitrogen and oxygen atoms in total. The lowest BCUT2D eigenvalue weighted by Gasteiger charge is -1.90. The molecule has 0 fully saturated rings. The van der Waals surface area contributed by atoms with Gasteiger partial charge in [0.05, 0.1) is 0 Å². The summed E-state index contributed by atoms with van der Waals surface area (Å²) in [5.74, 6) is 0. The second-order valence-corrected chi connectivity index (χ2v) is 1.81. The minimum Gasteiger partial charge on any atom is -0.333 e. The molecular formula is C11H19ClN2. The molecule has 0 saturated heterocycles. The van der Waals surface area contributed by atoms with Crippen molar-refractivity contribution in [1.82, 2.24) is 4.98 Å². The van der Waals surface area contributed by atoms with Gasteiger partial charge in [-0.15, -0.1) is 32.1 Å². The van der Waals surface area contributed by atoms with Crippen molar-refractivity contribution in [1.29, 1.82) is 0 Å². The van der Waals surface area contributed by atoms with Crippen LogP contribution in [0.2, 0.25) is 0 Å². The van der Waals surface area contributed by atoms with E-state index in [-0.39, 0.29) is 12.4 Å². The minimum atomic E-state index is 0. The van der Waals surface area contributed by atoms with Crippen LogP contribution in [0.3, 0.4) is 0 Å². The highest BCUT2D eigenvalue weighted by atomic mass is 35.5. The predicted octanol–water partition coefficient (Wildman–Crippen LogP) is 2.61. The van der Waals surface area contributed by atoms with Gasteiger partial charge in [0.1, 0.15) is 0 Å². The smallest absolute Gasteiger partial charge is 0.0441 e. The van der Waals surface area contributed by atoms with Gasteiger partial charge in [0.25, 0.3) is 0 Å². The monoisotopic (exact) mass is 214 g/mol. The van der Waals surface area contributed by atoms with Gasteiger partial charge in [-0.3, -0.25) is 4.98 Å². The van der Waals surface area contributed by atoms with Crippen molar-refractivity contribution in [3.8, 4) is 0 Å². The third-order valence-electron chi connectivity index (χ3n) is 1.08. The molecular weight excluding hydrogens is 196 g/mol. The van der Waals surface area contributed by atoms with Gasteiger partial charge in [0.15, 0.2) is 0 Å². The highest BCUT2D eigenvalue weighted by Gasteiger charge is 1.83.